The van der Waals surface area contributed by atoms with Crippen molar-refractivity contribution in [2.75, 3.05) is 6.54 Å². The molecular formula is C12H12N2O6S. The Kier molecular flexibility index (Phi) is 3.10. The summed E-state index contributed by atoms with van der Waals surface area (Å²) in [7, 11) is -4.55. The first kappa shape index (κ1) is 13.8. The molecule has 2 saturated heterocycles. The highest BCUT2D eigenvalue weighted by Crippen LogP contribution is 2.35. The zero-order valence-corrected chi connectivity index (χ0v) is 11.6. The lowest BCUT2D eigenvalue weighted by molar-refractivity contribution is -0.149. The van der Waals surface area contributed by atoms with E-state index in [1.807, 2.05) is 0 Å². The first-order valence-corrected chi connectivity index (χ1v) is 7.62. The van der Waals surface area contributed by atoms with Gasteiger partial charge in [-0.15, -0.1) is 0 Å². The summed E-state index contributed by atoms with van der Waals surface area (Å²) in [6, 6.07) is 1.86. The average molecular weight is 312 g/mol. The maximum Gasteiger partial charge on any atom is 0.362 e. The van der Waals surface area contributed by atoms with Crippen LogP contribution in [0.15, 0.2) is 28.9 Å². The van der Waals surface area contributed by atoms with Gasteiger partial charge in [-0.2, -0.15) is 8.42 Å². The fourth-order valence-corrected chi connectivity index (χ4v) is 3.60. The van der Waals surface area contributed by atoms with Gasteiger partial charge in [0.25, 0.3) is 5.91 Å². The van der Waals surface area contributed by atoms with Gasteiger partial charge in [-0.3, -0.25) is 14.1 Å². The first-order chi connectivity index (χ1) is 9.89. The minimum absolute atomic E-state index is 0.258. The Bertz CT molecular complexity index is 708. The van der Waals surface area contributed by atoms with Gasteiger partial charge in [0.2, 0.25) is 5.91 Å². The van der Waals surface area contributed by atoms with E-state index >= 15 is 0 Å². The number of nitrogens with zero attached hydrogens (tertiary/aromatic N) is 2. The summed E-state index contributed by atoms with van der Waals surface area (Å²) in [5, 5.41) is 0. The third kappa shape index (κ3) is 2.24. The van der Waals surface area contributed by atoms with E-state index in [0.29, 0.717) is 16.5 Å². The minimum atomic E-state index is -4.55. The summed E-state index contributed by atoms with van der Waals surface area (Å²) in [6.07, 6.45) is 4.52. The normalized spacial score (nSPS) is 25.3. The Balaban J connectivity index is 1.72. The Labute approximate surface area is 120 Å². The van der Waals surface area contributed by atoms with Crippen molar-refractivity contribution in [2.24, 2.45) is 0 Å². The SMILES string of the molecule is O=C(/C=C/c1ccco1)N1CC[C@@H]2[C@H]1C(=O)N2S(=O)(=O)O. The average Bonchev–Trinajstić information content (AvgIpc) is 3.00. The molecule has 3 rings (SSSR count). The fraction of sp³-hybridized carbons (Fsp3) is 0.333. The fourth-order valence-electron chi connectivity index (χ4n) is 2.70. The van der Waals surface area contributed by atoms with Crippen LogP contribution in [0, 0.1) is 0 Å². The highest BCUT2D eigenvalue weighted by atomic mass is 32.2. The van der Waals surface area contributed by atoms with Crippen LogP contribution in [0.4, 0.5) is 0 Å². The van der Waals surface area contributed by atoms with Crippen LogP contribution in [0.3, 0.4) is 0 Å². The van der Waals surface area contributed by atoms with E-state index < -0.39 is 34.2 Å². The smallest absolute Gasteiger partial charge is 0.362 e. The minimum Gasteiger partial charge on any atom is -0.465 e. The molecule has 0 saturated carbocycles. The van der Waals surface area contributed by atoms with Gasteiger partial charge in [0.05, 0.1) is 12.3 Å². The number of furan rings is 1. The zero-order chi connectivity index (χ0) is 15.2. The Morgan fingerprint density at radius 3 is 2.86 bits per heavy atom. The monoisotopic (exact) mass is 312 g/mol. The molecule has 112 valence electrons. The number of likely N-dealkylation sites (tertiary alicyclic amines) is 1. The topological polar surface area (TPSA) is 108 Å². The van der Waals surface area contributed by atoms with Crippen molar-refractivity contribution in [3.8, 4) is 0 Å². The molecule has 2 atom stereocenters. The Morgan fingerprint density at radius 1 is 1.48 bits per heavy atom. The highest BCUT2D eigenvalue weighted by molar-refractivity contribution is 7.84. The molecule has 3 heterocycles. The van der Waals surface area contributed by atoms with Crippen LogP contribution >= 0.6 is 0 Å². The summed E-state index contributed by atoms with van der Waals surface area (Å²) in [5.41, 5.74) is 0. The predicted molar refractivity (Wildman–Crippen MR) is 70.0 cm³/mol. The van der Waals surface area contributed by atoms with Crippen LogP contribution in [-0.2, 0) is 19.9 Å². The highest BCUT2D eigenvalue weighted by Gasteiger charge is 2.59. The van der Waals surface area contributed by atoms with Crippen LogP contribution < -0.4 is 0 Å². The van der Waals surface area contributed by atoms with Crippen molar-refractivity contribution in [1.29, 1.82) is 0 Å². The standard InChI is InChI=1S/C12H12N2O6S/c15-10(4-3-8-2-1-7-20-8)13-6-5-9-11(13)12(16)14(9)21(17,18)19/h1-4,7,9,11H,5-6H2,(H,17,18,19)/b4-3+/t9-,11+/m1/s1. The summed E-state index contributed by atoms with van der Waals surface area (Å²) >= 11 is 0. The number of hydrogen-bond donors (Lipinski definition) is 1. The van der Waals surface area contributed by atoms with Crippen molar-refractivity contribution in [3.05, 3.63) is 30.2 Å². The van der Waals surface area contributed by atoms with Crippen LogP contribution in [-0.4, -0.2) is 52.6 Å². The second kappa shape index (κ2) is 4.71. The number of β-lactam (4-membered cyclic amide) rings is 1. The number of carbonyl (C=O) groups excluding carboxylic acids is 2. The molecule has 0 radical (unpaired) electrons. The molecule has 8 nitrogen and oxygen atoms in total. The molecule has 2 fully saturated rings. The second-order valence-electron chi connectivity index (χ2n) is 4.79. The van der Waals surface area contributed by atoms with E-state index in [2.05, 4.69) is 0 Å². The van der Waals surface area contributed by atoms with Gasteiger partial charge in [-0.25, -0.2) is 4.31 Å². The molecule has 21 heavy (non-hydrogen) atoms. The molecule has 0 aliphatic carbocycles. The van der Waals surface area contributed by atoms with Crippen LogP contribution in [0.2, 0.25) is 0 Å². The van der Waals surface area contributed by atoms with E-state index in [0.717, 1.165) is 0 Å². The molecule has 2 amide bonds. The molecule has 0 spiro atoms. The van der Waals surface area contributed by atoms with E-state index in [1.54, 1.807) is 12.1 Å². The maximum atomic E-state index is 12.0. The van der Waals surface area contributed by atoms with Crippen LogP contribution in [0.25, 0.3) is 6.08 Å². The molecule has 9 heteroatoms. The van der Waals surface area contributed by atoms with E-state index in [-0.39, 0.29) is 6.54 Å². The van der Waals surface area contributed by atoms with Gasteiger partial charge < -0.3 is 9.32 Å². The van der Waals surface area contributed by atoms with E-state index in [1.165, 1.54) is 23.3 Å². The number of amides is 2. The van der Waals surface area contributed by atoms with Crippen molar-refractivity contribution in [3.63, 3.8) is 0 Å². The second-order valence-corrected chi connectivity index (χ2v) is 6.08. The molecule has 0 bridgehead atoms. The molecule has 2 aliphatic rings. The first-order valence-electron chi connectivity index (χ1n) is 6.22. The van der Waals surface area contributed by atoms with Crippen molar-refractivity contribution >= 4 is 28.2 Å². The lowest BCUT2D eigenvalue weighted by Crippen LogP contribution is -2.68. The van der Waals surface area contributed by atoms with Gasteiger partial charge >= 0.3 is 10.3 Å². The van der Waals surface area contributed by atoms with Crippen molar-refractivity contribution in [1.82, 2.24) is 9.21 Å². The zero-order valence-electron chi connectivity index (χ0n) is 10.7. The summed E-state index contributed by atoms with van der Waals surface area (Å²) in [5.74, 6) is -0.680. The van der Waals surface area contributed by atoms with Gasteiger partial charge in [-0.1, -0.05) is 0 Å². The molecule has 1 aromatic heterocycles. The molecule has 0 aromatic carbocycles. The Hall–Kier alpha value is -2.13. The molecule has 1 N–H and O–H groups in total. The van der Waals surface area contributed by atoms with Crippen molar-refractivity contribution in [2.45, 2.75) is 18.5 Å². The van der Waals surface area contributed by atoms with E-state index in [4.69, 9.17) is 8.97 Å². The summed E-state index contributed by atoms with van der Waals surface area (Å²) in [4.78, 5) is 25.1. The maximum absolute atomic E-state index is 12.0. The third-order valence-corrected chi connectivity index (χ3v) is 4.55. The van der Waals surface area contributed by atoms with Gasteiger partial charge in [0.15, 0.2) is 0 Å². The summed E-state index contributed by atoms with van der Waals surface area (Å²) in [6.45, 7) is 0.258. The molecule has 1 aromatic rings. The Morgan fingerprint density at radius 2 is 2.24 bits per heavy atom. The largest absolute Gasteiger partial charge is 0.465 e. The molecule has 2 aliphatic heterocycles. The van der Waals surface area contributed by atoms with Gasteiger partial charge in [0, 0.05) is 12.6 Å². The predicted octanol–water partition coefficient (Wildman–Crippen LogP) is -0.0927. The third-order valence-electron chi connectivity index (χ3n) is 3.60. The van der Waals surface area contributed by atoms with Gasteiger partial charge in [0.1, 0.15) is 11.8 Å². The van der Waals surface area contributed by atoms with Crippen molar-refractivity contribution < 1.29 is 27.0 Å². The lowest BCUT2D eigenvalue weighted by atomic mass is 10.0. The number of rotatable bonds is 3. The number of carbonyl (C=O) groups is 2. The van der Waals surface area contributed by atoms with Gasteiger partial charge in [-0.05, 0) is 24.6 Å². The molecular weight excluding hydrogens is 300 g/mol. The molecule has 0 unspecified atom stereocenters. The summed E-state index contributed by atoms with van der Waals surface area (Å²) < 4.78 is 36.5. The number of fused-ring (bicyclic) bond motifs is 1. The lowest BCUT2D eigenvalue weighted by Gasteiger charge is -2.42. The quantitative estimate of drug-likeness (QED) is 0.474. The van der Waals surface area contributed by atoms with E-state index in [9.17, 15) is 18.0 Å². The van der Waals surface area contributed by atoms with Crippen LogP contribution in [0.5, 0.6) is 0 Å². The number of hydrogen-bond acceptors (Lipinski definition) is 5. The van der Waals surface area contributed by atoms with Crippen LogP contribution in [0.1, 0.15) is 12.2 Å².